The molecule has 7 heteroatoms. The number of nitrogens with zero attached hydrogens (tertiary/aromatic N) is 3. The van der Waals surface area contributed by atoms with Crippen LogP contribution in [0.4, 0.5) is 0 Å². The number of rotatable bonds is 5. The highest BCUT2D eigenvalue weighted by molar-refractivity contribution is 7.99. The number of thioether (sulfide) groups is 1. The van der Waals surface area contributed by atoms with Crippen molar-refractivity contribution in [1.82, 2.24) is 20.1 Å². The second-order valence-corrected chi connectivity index (χ2v) is 7.99. The predicted octanol–water partition coefficient (Wildman–Crippen LogP) is 3.84. The van der Waals surface area contributed by atoms with Crippen LogP contribution in [0.3, 0.4) is 0 Å². The summed E-state index contributed by atoms with van der Waals surface area (Å²) in [4.78, 5) is 12.2. The van der Waals surface area contributed by atoms with Crippen LogP contribution < -0.4 is 5.32 Å². The van der Waals surface area contributed by atoms with Gasteiger partial charge in [-0.3, -0.25) is 9.36 Å². The first-order valence-electron chi connectivity index (χ1n) is 8.34. The zero-order chi connectivity index (χ0) is 18.7. The van der Waals surface area contributed by atoms with E-state index in [2.05, 4.69) is 21.6 Å². The lowest BCUT2D eigenvalue weighted by Gasteiger charge is -2.20. The van der Waals surface area contributed by atoms with Crippen molar-refractivity contribution in [2.24, 2.45) is 0 Å². The number of aryl methyl sites for hydroxylation is 1. The minimum atomic E-state index is -0.263. The number of aromatic nitrogens is 3. The van der Waals surface area contributed by atoms with Gasteiger partial charge >= 0.3 is 0 Å². The van der Waals surface area contributed by atoms with E-state index in [1.54, 1.807) is 6.26 Å². The Morgan fingerprint density at radius 1 is 1.23 bits per heavy atom. The van der Waals surface area contributed by atoms with Crippen molar-refractivity contribution in [2.75, 3.05) is 5.75 Å². The summed E-state index contributed by atoms with van der Waals surface area (Å²) in [5, 5.41) is 12.2. The van der Waals surface area contributed by atoms with Crippen LogP contribution in [0.5, 0.6) is 0 Å². The third-order valence-corrected chi connectivity index (χ3v) is 4.41. The first kappa shape index (κ1) is 18.3. The molecule has 3 aromatic rings. The minimum absolute atomic E-state index is 0.0409. The molecule has 0 atom stereocenters. The third kappa shape index (κ3) is 4.35. The molecule has 1 N–H and O–H groups in total. The Labute approximate surface area is 157 Å². The Kier molecular flexibility index (Phi) is 5.18. The van der Waals surface area contributed by atoms with Gasteiger partial charge in [-0.1, -0.05) is 23.9 Å². The molecule has 6 nitrogen and oxygen atoms in total. The fraction of sp³-hybridized carbons (Fsp3) is 0.316. The molecule has 0 aliphatic rings. The van der Waals surface area contributed by atoms with E-state index in [4.69, 9.17) is 4.42 Å². The van der Waals surface area contributed by atoms with Crippen molar-refractivity contribution >= 4 is 17.7 Å². The summed E-state index contributed by atoms with van der Waals surface area (Å²) in [7, 11) is 0. The lowest BCUT2D eigenvalue weighted by Crippen LogP contribution is -2.41. The maximum atomic E-state index is 12.2. The third-order valence-electron chi connectivity index (χ3n) is 3.48. The molecule has 3 rings (SSSR count). The van der Waals surface area contributed by atoms with E-state index in [-0.39, 0.29) is 17.2 Å². The smallest absolute Gasteiger partial charge is 0.230 e. The van der Waals surface area contributed by atoms with Crippen LogP contribution in [0, 0.1) is 6.92 Å². The van der Waals surface area contributed by atoms with E-state index in [1.165, 1.54) is 11.8 Å². The van der Waals surface area contributed by atoms with Crippen LogP contribution in [0.2, 0.25) is 0 Å². The summed E-state index contributed by atoms with van der Waals surface area (Å²) in [6, 6.07) is 11.7. The van der Waals surface area contributed by atoms with Gasteiger partial charge in [0.1, 0.15) is 0 Å². The number of amides is 1. The fourth-order valence-corrected chi connectivity index (χ4v) is 3.26. The molecule has 0 unspecified atom stereocenters. The Morgan fingerprint density at radius 3 is 2.69 bits per heavy atom. The van der Waals surface area contributed by atoms with E-state index in [0.29, 0.717) is 16.7 Å². The predicted molar refractivity (Wildman–Crippen MR) is 102 cm³/mol. The molecule has 0 fully saturated rings. The van der Waals surface area contributed by atoms with Crippen LogP contribution in [-0.4, -0.2) is 32.0 Å². The largest absolute Gasteiger partial charge is 0.461 e. The number of hydrogen-bond donors (Lipinski definition) is 1. The highest BCUT2D eigenvalue weighted by Gasteiger charge is 2.20. The molecule has 0 bridgehead atoms. The van der Waals surface area contributed by atoms with Gasteiger partial charge in [-0.25, -0.2) is 0 Å². The molecule has 0 saturated heterocycles. The van der Waals surface area contributed by atoms with Crippen LogP contribution in [0.25, 0.3) is 17.3 Å². The number of nitrogens with one attached hydrogen (secondary N) is 1. The number of benzene rings is 1. The number of carbonyl (C=O) groups excluding carboxylic acids is 1. The fourth-order valence-electron chi connectivity index (χ4n) is 2.51. The Balaban J connectivity index is 1.92. The lowest BCUT2D eigenvalue weighted by molar-refractivity contribution is -0.119. The van der Waals surface area contributed by atoms with Gasteiger partial charge in [0.05, 0.1) is 17.7 Å². The highest BCUT2D eigenvalue weighted by Crippen LogP contribution is 2.28. The van der Waals surface area contributed by atoms with Crippen LogP contribution >= 0.6 is 11.8 Å². The van der Waals surface area contributed by atoms with Crippen LogP contribution in [0.1, 0.15) is 26.3 Å². The Bertz CT molecular complexity index is 895. The van der Waals surface area contributed by atoms with Crippen molar-refractivity contribution < 1.29 is 9.21 Å². The molecule has 26 heavy (non-hydrogen) atoms. The van der Waals surface area contributed by atoms with Crippen molar-refractivity contribution in [3.8, 4) is 17.3 Å². The monoisotopic (exact) mass is 370 g/mol. The standard InChI is InChI=1S/C19H22N4O2S/c1-13-7-5-8-14(11-13)23-17(15-9-6-10-25-15)21-22-18(23)26-12-16(24)20-19(2,3)4/h5-11H,12H2,1-4H3,(H,20,24). The topological polar surface area (TPSA) is 73.0 Å². The Morgan fingerprint density at radius 2 is 2.04 bits per heavy atom. The summed E-state index contributed by atoms with van der Waals surface area (Å²) < 4.78 is 7.42. The van der Waals surface area contributed by atoms with Gasteiger partial charge in [0.2, 0.25) is 11.7 Å². The molecule has 2 heterocycles. The molecule has 136 valence electrons. The Hall–Kier alpha value is -2.54. The second kappa shape index (κ2) is 7.37. The average molecular weight is 370 g/mol. The SMILES string of the molecule is Cc1cccc(-n2c(SCC(=O)NC(C)(C)C)nnc2-c2ccco2)c1. The van der Waals surface area contributed by atoms with Crippen LogP contribution in [-0.2, 0) is 4.79 Å². The first-order valence-corrected chi connectivity index (χ1v) is 9.32. The first-order chi connectivity index (χ1) is 12.3. The molecular formula is C19H22N4O2S. The molecule has 2 aromatic heterocycles. The van der Waals surface area contributed by atoms with E-state index in [0.717, 1.165) is 11.3 Å². The van der Waals surface area contributed by atoms with Gasteiger partial charge in [0, 0.05) is 5.54 Å². The molecule has 0 saturated carbocycles. The van der Waals surface area contributed by atoms with E-state index < -0.39 is 0 Å². The molecule has 1 aromatic carbocycles. The summed E-state index contributed by atoms with van der Waals surface area (Å²) in [6.45, 7) is 7.91. The number of carbonyl (C=O) groups is 1. The van der Waals surface area contributed by atoms with Crippen molar-refractivity contribution in [2.45, 2.75) is 38.4 Å². The van der Waals surface area contributed by atoms with Gasteiger partial charge in [-0.15, -0.1) is 10.2 Å². The molecule has 0 aliphatic carbocycles. The average Bonchev–Trinajstić information content (AvgIpc) is 3.20. The quantitative estimate of drug-likeness (QED) is 0.691. The van der Waals surface area contributed by atoms with E-state index >= 15 is 0 Å². The van der Waals surface area contributed by atoms with E-state index in [1.807, 2.05) is 62.6 Å². The second-order valence-electron chi connectivity index (χ2n) is 7.04. The van der Waals surface area contributed by atoms with E-state index in [9.17, 15) is 4.79 Å². The number of furan rings is 1. The van der Waals surface area contributed by atoms with Gasteiger partial charge in [0.15, 0.2) is 10.9 Å². The maximum Gasteiger partial charge on any atom is 0.230 e. The van der Waals surface area contributed by atoms with Crippen molar-refractivity contribution in [3.63, 3.8) is 0 Å². The summed E-state index contributed by atoms with van der Waals surface area (Å²) >= 11 is 1.35. The van der Waals surface area contributed by atoms with Gasteiger partial charge in [-0.2, -0.15) is 0 Å². The normalized spacial score (nSPS) is 11.5. The van der Waals surface area contributed by atoms with Crippen LogP contribution in [0.15, 0.2) is 52.2 Å². The zero-order valence-electron chi connectivity index (χ0n) is 15.3. The van der Waals surface area contributed by atoms with Gasteiger partial charge in [0.25, 0.3) is 0 Å². The van der Waals surface area contributed by atoms with Gasteiger partial charge < -0.3 is 9.73 Å². The molecule has 0 spiro atoms. The maximum absolute atomic E-state index is 12.2. The lowest BCUT2D eigenvalue weighted by atomic mass is 10.1. The van der Waals surface area contributed by atoms with Gasteiger partial charge in [-0.05, 0) is 57.5 Å². The number of hydrogen-bond acceptors (Lipinski definition) is 5. The van der Waals surface area contributed by atoms with Crippen molar-refractivity contribution in [1.29, 1.82) is 0 Å². The minimum Gasteiger partial charge on any atom is -0.461 e. The van der Waals surface area contributed by atoms with Crippen molar-refractivity contribution in [3.05, 3.63) is 48.2 Å². The zero-order valence-corrected chi connectivity index (χ0v) is 16.1. The molecular weight excluding hydrogens is 348 g/mol. The highest BCUT2D eigenvalue weighted by atomic mass is 32.2. The molecule has 0 radical (unpaired) electrons. The summed E-state index contributed by atoms with van der Waals surface area (Å²) in [5.41, 5.74) is 1.80. The molecule has 0 aliphatic heterocycles. The summed E-state index contributed by atoms with van der Waals surface area (Å²) in [5.74, 6) is 1.46. The molecule has 1 amide bonds. The summed E-state index contributed by atoms with van der Waals surface area (Å²) in [6.07, 6.45) is 1.61.